The summed E-state index contributed by atoms with van der Waals surface area (Å²) in [7, 11) is -1.32. The van der Waals surface area contributed by atoms with Gasteiger partial charge in [-0.25, -0.2) is 4.98 Å². The van der Waals surface area contributed by atoms with Crippen LogP contribution in [0.2, 0.25) is 19.6 Å². The number of carbonyl (C=O) groups excluding carboxylic acids is 1. The summed E-state index contributed by atoms with van der Waals surface area (Å²) in [6.07, 6.45) is 0.784. The molecule has 0 amide bonds. The molecule has 2 aromatic rings. The minimum atomic E-state index is -1.32. The van der Waals surface area contributed by atoms with E-state index in [-0.39, 0.29) is 0 Å². The third kappa shape index (κ3) is 2.74. The molecule has 0 bridgehead atoms. The first-order chi connectivity index (χ1) is 8.50. The van der Waals surface area contributed by atoms with Crippen LogP contribution in [-0.2, 0) is 0 Å². The van der Waals surface area contributed by atoms with Gasteiger partial charge in [-0.15, -0.1) is 0 Å². The number of hydrogen-bond donors (Lipinski definition) is 0. The molecule has 0 aliphatic heterocycles. The first-order valence-corrected chi connectivity index (χ1v) is 9.54. The number of nitrogens with zero attached hydrogens (tertiary/aromatic N) is 1. The lowest BCUT2D eigenvalue weighted by atomic mass is 10.1. The zero-order valence-corrected chi connectivity index (χ0v) is 12.0. The molecule has 18 heavy (non-hydrogen) atoms. The standard InChI is InChI=1S/C15H17NOSi/c1-18(2,3)14-8-4-6-12(10-14)15-9-5-7-13(11-17)16-15/h4-11H,1-3H3. The molecule has 2 rings (SSSR count). The summed E-state index contributed by atoms with van der Waals surface area (Å²) in [4.78, 5) is 15.1. The Morgan fingerprint density at radius 1 is 1.06 bits per heavy atom. The predicted octanol–water partition coefficient (Wildman–Crippen LogP) is 3.11. The van der Waals surface area contributed by atoms with E-state index in [1.165, 1.54) is 5.19 Å². The fraction of sp³-hybridized carbons (Fsp3) is 0.200. The van der Waals surface area contributed by atoms with E-state index in [2.05, 4.69) is 42.8 Å². The average Bonchev–Trinajstić information content (AvgIpc) is 2.38. The van der Waals surface area contributed by atoms with Gasteiger partial charge in [0.15, 0.2) is 6.29 Å². The van der Waals surface area contributed by atoms with Gasteiger partial charge in [0, 0.05) is 5.56 Å². The van der Waals surface area contributed by atoms with Gasteiger partial charge in [0.1, 0.15) is 5.69 Å². The molecule has 1 aromatic heterocycles. The molecular weight excluding hydrogens is 238 g/mol. The van der Waals surface area contributed by atoms with Crippen molar-refractivity contribution in [3.05, 3.63) is 48.2 Å². The van der Waals surface area contributed by atoms with Crippen molar-refractivity contribution in [2.24, 2.45) is 0 Å². The van der Waals surface area contributed by atoms with Gasteiger partial charge in [-0.3, -0.25) is 4.79 Å². The van der Waals surface area contributed by atoms with E-state index in [9.17, 15) is 4.79 Å². The molecule has 0 atom stereocenters. The van der Waals surface area contributed by atoms with Crippen LogP contribution in [0.3, 0.4) is 0 Å². The third-order valence-corrected chi connectivity index (χ3v) is 4.96. The fourth-order valence-electron chi connectivity index (χ4n) is 1.82. The van der Waals surface area contributed by atoms with Crippen LogP contribution in [0, 0.1) is 0 Å². The Balaban J connectivity index is 2.47. The molecule has 0 radical (unpaired) electrons. The Hall–Kier alpha value is -1.74. The van der Waals surface area contributed by atoms with Gasteiger partial charge in [-0.05, 0) is 12.1 Å². The molecule has 2 nitrogen and oxygen atoms in total. The van der Waals surface area contributed by atoms with E-state index in [1.54, 1.807) is 6.07 Å². The summed E-state index contributed by atoms with van der Waals surface area (Å²) < 4.78 is 0. The molecule has 0 spiro atoms. The van der Waals surface area contributed by atoms with E-state index in [4.69, 9.17) is 0 Å². The van der Waals surface area contributed by atoms with Crippen LogP contribution in [0.4, 0.5) is 0 Å². The zero-order chi connectivity index (χ0) is 13.2. The van der Waals surface area contributed by atoms with E-state index in [0.717, 1.165) is 17.5 Å². The van der Waals surface area contributed by atoms with Crippen LogP contribution >= 0.6 is 0 Å². The Morgan fingerprint density at radius 2 is 1.78 bits per heavy atom. The number of carbonyl (C=O) groups is 1. The zero-order valence-electron chi connectivity index (χ0n) is 11.0. The van der Waals surface area contributed by atoms with Gasteiger partial charge in [-0.2, -0.15) is 0 Å². The Bertz CT molecular complexity index is 573. The van der Waals surface area contributed by atoms with Gasteiger partial charge >= 0.3 is 0 Å². The molecule has 0 saturated heterocycles. The summed E-state index contributed by atoms with van der Waals surface area (Å²) >= 11 is 0. The monoisotopic (exact) mass is 255 g/mol. The van der Waals surface area contributed by atoms with Crippen molar-refractivity contribution in [1.29, 1.82) is 0 Å². The maximum Gasteiger partial charge on any atom is 0.168 e. The number of benzene rings is 1. The number of rotatable bonds is 3. The molecule has 0 N–H and O–H groups in total. The Labute approximate surface area is 109 Å². The summed E-state index contributed by atoms with van der Waals surface area (Å²) in [5, 5.41) is 1.40. The molecular formula is C15H17NOSi. The van der Waals surface area contributed by atoms with Crippen molar-refractivity contribution in [1.82, 2.24) is 4.98 Å². The first-order valence-electron chi connectivity index (χ1n) is 6.04. The number of hydrogen-bond acceptors (Lipinski definition) is 2. The smallest absolute Gasteiger partial charge is 0.168 e. The average molecular weight is 255 g/mol. The van der Waals surface area contributed by atoms with Crippen molar-refractivity contribution in [3.63, 3.8) is 0 Å². The third-order valence-electron chi connectivity index (χ3n) is 2.92. The maximum absolute atomic E-state index is 10.8. The summed E-state index contributed by atoms with van der Waals surface area (Å²) in [6.45, 7) is 6.96. The van der Waals surface area contributed by atoms with Crippen LogP contribution in [0.25, 0.3) is 11.3 Å². The first kappa shape index (κ1) is 12.7. The molecule has 1 heterocycles. The Morgan fingerprint density at radius 3 is 2.44 bits per heavy atom. The quantitative estimate of drug-likeness (QED) is 0.623. The van der Waals surface area contributed by atoms with E-state index >= 15 is 0 Å². The van der Waals surface area contributed by atoms with Crippen molar-refractivity contribution in [2.75, 3.05) is 0 Å². The molecule has 0 aliphatic rings. The second-order valence-electron chi connectivity index (χ2n) is 5.40. The van der Waals surface area contributed by atoms with E-state index in [1.807, 2.05) is 18.2 Å². The highest BCUT2D eigenvalue weighted by molar-refractivity contribution is 6.88. The summed E-state index contributed by atoms with van der Waals surface area (Å²) in [5.41, 5.74) is 2.42. The number of aromatic nitrogens is 1. The lowest BCUT2D eigenvalue weighted by Crippen LogP contribution is -2.37. The van der Waals surface area contributed by atoms with Crippen molar-refractivity contribution < 1.29 is 4.79 Å². The number of aldehydes is 1. The molecule has 0 unspecified atom stereocenters. The molecule has 0 fully saturated rings. The normalized spacial score (nSPS) is 11.3. The second-order valence-corrected chi connectivity index (χ2v) is 10.5. The fourth-order valence-corrected chi connectivity index (χ4v) is 3.01. The lowest BCUT2D eigenvalue weighted by molar-refractivity contribution is 0.111. The van der Waals surface area contributed by atoms with E-state index < -0.39 is 8.07 Å². The van der Waals surface area contributed by atoms with Gasteiger partial charge in [-0.1, -0.05) is 55.2 Å². The maximum atomic E-state index is 10.8. The largest absolute Gasteiger partial charge is 0.296 e. The highest BCUT2D eigenvalue weighted by atomic mass is 28.3. The minimum Gasteiger partial charge on any atom is -0.296 e. The highest BCUT2D eigenvalue weighted by Crippen LogP contribution is 2.17. The van der Waals surface area contributed by atoms with Crippen LogP contribution in [-0.4, -0.2) is 19.3 Å². The van der Waals surface area contributed by atoms with Crippen LogP contribution in [0.5, 0.6) is 0 Å². The van der Waals surface area contributed by atoms with Crippen molar-refractivity contribution in [3.8, 4) is 11.3 Å². The van der Waals surface area contributed by atoms with Crippen molar-refractivity contribution >= 4 is 19.5 Å². The SMILES string of the molecule is C[Si](C)(C)c1cccc(-c2cccc(C=O)n2)c1. The highest BCUT2D eigenvalue weighted by Gasteiger charge is 2.16. The molecule has 92 valence electrons. The summed E-state index contributed by atoms with van der Waals surface area (Å²) in [5.74, 6) is 0. The molecule has 1 aromatic carbocycles. The van der Waals surface area contributed by atoms with Crippen LogP contribution < -0.4 is 5.19 Å². The minimum absolute atomic E-state index is 0.478. The van der Waals surface area contributed by atoms with E-state index in [0.29, 0.717) is 5.69 Å². The molecule has 0 aliphatic carbocycles. The predicted molar refractivity (Wildman–Crippen MR) is 78.0 cm³/mol. The van der Waals surface area contributed by atoms with Crippen LogP contribution in [0.1, 0.15) is 10.5 Å². The summed E-state index contributed by atoms with van der Waals surface area (Å²) in [6, 6.07) is 14.0. The van der Waals surface area contributed by atoms with Gasteiger partial charge < -0.3 is 0 Å². The topological polar surface area (TPSA) is 30.0 Å². The molecule has 0 saturated carbocycles. The molecule has 3 heteroatoms. The second kappa shape index (κ2) is 4.86. The van der Waals surface area contributed by atoms with Gasteiger partial charge in [0.05, 0.1) is 13.8 Å². The lowest BCUT2D eigenvalue weighted by Gasteiger charge is -2.17. The number of pyridine rings is 1. The van der Waals surface area contributed by atoms with Crippen molar-refractivity contribution in [2.45, 2.75) is 19.6 Å². The Kier molecular flexibility index (Phi) is 3.43. The van der Waals surface area contributed by atoms with Crippen LogP contribution in [0.15, 0.2) is 42.5 Å². The van der Waals surface area contributed by atoms with Gasteiger partial charge in [0.25, 0.3) is 0 Å². The van der Waals surface area contributed by atoms with Gasteiger partial charge in [0.2, 0.25) is 0 Å².